The van der Waals surface area contributed by atoms with Gasteiger partial charge in [0.2, 0.25) is 17.8 Å². The van der Waals surface area contributed by atoms with E-state index in [9.17, 15) is 9.59 Å². The number of rotatable bonds is 5. The largest absolute Gasteiger partial charge is 0.338 e. The van der Waals surface area contributed by atoms with Crippen molar-refractivity contribution in [1.82, 2.24) is 14.9 Å². The maximum absolute atomic E-state index is 13.1. The number of carbonyl (C=O) groups excluding carboxylic acids is 2. The predicted octanol–water partition coefficient (Wildman–Crippen LogP) is 2.91. The molecule has 2 amide bonds. The van der Waals surface area contributed by atoms with E-state index < -0.39 is 5.41 Å². The molecule has 1 aromatic carbocycles. The van der Waals surface area contributed by atoms with Crippen LogP contribution < -0.4 is 10.2 Å². The molecule has 2 aromatic rings. The van der Waals surface area contributed by atoms with Crippen LogP contribution in [0.5, 0.6) is 0 Å². The van der Waals surface area contributed by atoms with Crippen molar-refractivity contribution in [2.75, 3.05) is 36.4 Å². The number of anilines is 2. The average Bonchev–Trinajstić information content (AvgIpc) is 2.74. The van der Waals surface area contributed by atoms with Gasteiger partial charge in [-0.25, -0.2) is 9.97 Å². The van der Waals surface area contributed by atoms with Gasteiger partial charge in [0.1, 0.15) is 5.41 Å². The third-order valence-electron chi connectivity index (χ3n) is 5.34. The van der Waals surface area contributed by atoms with E-state index in [1.165, 1.54) is 0 Å². The molecule has 7 heteroatoms. The third kappa shape index (κ3) is 4.55. The van der Waals surface area contributed by atoms with Crippen LogP contribution in [-0.4, -0.2) is 52.9 Å². The van der Waals surface area contributed by atoms with Crippen LogP contribution in [0.15, 0.2) is 42.7 Å². The number of para-hydroxylation sites is 1. The van der Waals surface area contributed by atoms with Crippen molar-refractivity contribution < 1.29 is 9.59 Å². The normalized spacial score (nSPS) is 14.8. The van der Waals surface area contributed by atoms with Gasteiger partial charge in [-0.3, -0.25) is 9.59 Å². The number of nitrogens with zero attached hydrogens (tertiary/aromatic N) is 4. The van der Waals surface area contributed by atoms with Crippen molar-refractivity contribution in [3.63, 3.8) is 0 Å². The standard InChI is InChI=1S/C22H29N5O2/c1-16(2)17-8-5-6-9-18(17)25-19(28)22(3,4)20(29)26-12-14-27(15-13-26)21-23-10-7-11-24-21/h5-11,16H,12-15H2,1-4H3,(H,25,28). The van der Waals surface area contributed by atoms with Crippen molar-refractivity contribution in [1.29, 1.82) is 0 Å². The summed E-state index contributed by atoms with van der Waals surface area (Å²) in [4.78, 5) is 38.5. The molecular weight excluding hydrogens is 366 g/mol. The molecule has 1 aliphatic rings. The summed E-state index contributed by atoms with van der Waals surface area (Å²) in [6, 6.07) is 9.51. The molecule has 7 nitrogen and oxygen atoms in total. The molecule has 1 aliphatic heterocycles. The van der Waals surface area contributed by atoms with Crippen LogP contribution in [0.1, 0.15) is 39.2 Å². The Labute approximate surface area is 172 Å². The molecule has 1 fully saturated rings. The van der Waals surface area contributed by atoms with E-state index in [0.717, 1.165) is 11.3 Å². The van der Waals surface area contributed by atoms with Crippen LogP contribution in [0.3, 0.4) is 0 Å². The minimum absolute atomic E-state index is 0.161. The maximum atomic E-state index is 13.1. The Balaban J connectivity index is 1.65. The quantitative estimate of drug-likeness (QED) is 0.788. The van der Waals surface area contributed by atoms with Crippen LogP contribution >= 0.6 is 0 Å². The van der Waals surface area contributed by atoms with Crippen molar-refractivity contribution in [3.8, 4) is 0 Å². The van der Waals surface area contributed by atoms with Crippen LogP contribution in [-0.2, 0) is 9.59 Å². The molecule has 0 saturated carbocycles. The lowest BCUT2D eigenvalue weighted by Crippen LogP contribution is -2.54. The van der Waals surface area contributed by atoms with Gasteiger partial charge in [-0.15, -0.1) is 0 Å². The first-order valence-corrected chi connectivity index (χ1v) is 10.0. The minimum Gasteiger partial charge on any atom is -0.338 e. The van der Waals surface area contributed by atoms with E-state index in [1.807, 2.05) is 24.3 Å². The Morgan fingerprint density at radius 1 is 1.00 bits per heavy atom. The van der Waals surface area contributed by atoms with Gasteiger partial charge in [-0.1, -0.05) is 32.0 Å². The first-order valence-electron chi connectivity index (χ1n) is 10.0. The lowest BCUT2D eigenvalue weighted by molar-refractivity contribution is -0.146. The van der Waals surface area contributed by atoms with Gasteiger partial charge in [-0.2, -0.15) is 0 Å². The summed E-state index contributed by atoms with van der Waals surface area (Å²) in [6.45, 7) is 9.90. The Hall–Kier alpha value is -2.96. The number of hydrogen-bond acceptors (Lipinski definition) is 5. The Morgan fingerprint density at radius 3 is 2.24 bits per heavy atom. The lowest BCUT2D eigenvalue weighted by atomic mass is 9.89. The number of nitrogens with one attached hydrogen (secondary N) is 1. The van der Waals surface area contributed by atoms with Gasteiger partial charge >= 0.3 is 0 Å². The fourth-order valence-electron chi connectivity index (χ4n) is 3.45. The maximum Gasteiger partial charge on any atom is 0.239 e. The second-order valence-electron chi connectivity index (χ2n) is 8.15. The molecule has 154 valence electrons. The van der Waals surface area contributed by atoms with E-state index in [2.05, 4.69) is 34.0 Å². The summed E-state index contributed by atoms with van der Waals surface area (Å²) in [5, 5.41) is 2.97. The number of carbonyl (C=O) groups is 2. The molecule has 0 radical (unpaired) electrons. The number of benzene rings is 1. The first-order chi connectivity index (χ1) is 13.8. The van der Waals surface area contributed by atoms with Gasteiger partial charge in [0, 0.05) is 44.3 Å². The van der Waals surface area contributed by atoms with Crippen molar-refractivity contribution in [3.05, 3.63) is 48.3 Å². The molecule has 1 aromatic heterocycles. The molecule has 0 spiro atoms. The van der Waals surface area contributed by atoms with E-state index in [0.29, 0.717) is 32.1 Å². The van der Waals surface area contributed by atoms with Crippen LogP contribution in [0.25, 0.3) is 0 Å². The molecule has 2 heterocycles. The zero-order valence-electron chi connectivity index (χ0n) is 17.6. The van der Waals surface area contributed by atoms with Gasteiger partial charge in [-0.05, 0) is 37.5 Å². The molecule has 1 N–H and O–H groups in total. The Bertz CT molecular complexity index is 859. The summed E-state index contributed by atoms with van der Waals surface area (Å²) in [7, 11) is 0. The van der Waals surface area contributed by atoms with Gasteiger partial charge < -0.3 is 15.1 Å². The topological polar surface area (TPSA) is 78.4 Å². The summed E-state index contributed by atoms with van der Waals surface area (Å²) >= 11 is 0. The molecule has 0 bridgehead atoms. The zero-order chi connectivity index (χ0) is 21.0. The summed E-state index contributed by atoms with van der Waals surface area (Å²) in [6.07, 6.45) is 3.42. The average molecular weight is 396 g/mol. The summed E-state index contributed by atoms with van der Waals surface area (Å²) in [5.74, 6) is 0.496. The van der Waals surface area contributed by atoms with Crippen LogP contribution in [0, 0.1) is 5.41 Å². The number of piperazine rings is 1. The number of hydrogen-bond donors (Lipinski definition) is 1. The summed E-state index contributed by atoms with van der Waals surface area (Å²) in [5.41, 5.74) is 0.662. The SMILES string of the molecule is CC(C)c1ccccc1NC(=O)C(C)(C)C(=O)N1CCN(c2ncccn2)CC1. The lowest BCUT2D eigenvalue weighted by Gasteiger charge is -2.38. The highest BCUT2D eigenvalue weighted by Gasteiger charge is 2.40. The first kappa shape index (κ1) is 20.8. The highest BCUT2D eigenvalue weighted by atomic mass is 16.2. The second-order valence-corrected chi connectivity index (χ2v) is 8.15. The third-order valence-corrected chi connectivity index (χ3v) is 5.34. The summed E-state index contributed by atoms with van der Waals surface area (Å²) < 4.78 is 0. The van der Waals surface area contributed by atoms with E-state index in [4.69, 9.17) is 0 Å². The van der Waals surface area contributed by atoms with Crippen LogP contribution in [0.2, 0.25) is 0 Å². The van der Waals surface area contributed by atoms with Gasteiger partial charge in [0.05, 0.1) is 0 Å². The Morgan fingerprint density at radius 2 is 1.62 bits per heavy atom. The Kier molecular flexibility index (Phi) is 6.15. The van der Waals surface area contributed by atoms with E-state index >= 15 is 0 Å². The fourth-order valence-corrected chi connectivity index (χ4v) is 3.45. The number of aromatic nitrogens is 2. The van der Waals surface area contributed by atoms with Crippen molar-refractivity contribution >= 4 is 23.5 Å². The highest BCUT2D eigenvalue weighted by molar-refractivity contribution is 6.10. The fraction of sp³-hybridized carbons (Fsp3) is 0.455. The van der Waals surface area contributed by atoms with Gasteiger partial charge in [0.15, 0.2) is 0 Å². The van der Waals surface area contributed by atoms with Crippen molar-refractivity contribution in [2.45, 2.75) is 33.6 Å². The van der Waals surface area contributed by atoms with Gasteiger partial charge in [0.25, 0.3) is 0 Å². The monoisotopic (exact) mass is 395 g/mol. The molecular formula is C22H29N5O2. The van der Waals surface area contributed by atoms with Crippen LogP contribution in [0.4, 0.5) is 11.6 Å². The predicted molar refractivity (Wildman–Crippen MR) is 114 cm³/mol. The molecule has 0 unspecified atom stereocenters. The molecule has 3 rings (SSSR count). The smallest absolute Gasteiger partial charge is 0.239 e. The van der Waals surface area contributed by atoms with E-state index in [1.54, 1.807) is 37.2 Å². The van der Waals surface area contributed by atoms with E-state index in [-0.39, 0.29) is 17.7 Å². The molecule has 0 aliphatic carbocycles. The minimum atomic E-state index is -1.16. The number of amides is 2. The van der Waals surface area contributed by atoms with Crippen molar-refractivity contribution in [2.24, 2.45) is 5.41 Å². The second kappa shape index (κ2) is 8.59. The molecule has 29 heavy (non-hydrogen) atoms. The molecule has 0 atom stereocenters. The molecule has 1 saturated heterocycles. The zero-order valence-corrected chi connectivity index (χ0v) is 17.6. The highest BCUT2D eigenvalue weighted by Crippen LogP contribution is 2.27.